The highest BCUT2D eigenvalue weighted by Gasteiger charge is 2.07. The molecular formula is C16H10Cl2FN3. The molecule has 0 aliphatic heterocycles. The topological polar surface area (TPSA) is 37.8 Å². The maximum absolute atomic E-state index is 13.3. The minimum Gasteiger partial charge on any atom is -0.340 e. The van der Waals surface area contributed by atoms with Crippen LogP contribution in [-0.4, -0.2) is 9.97 Å². The molecule has 110 valence electrons. The van der Waals surface area contributed by atoms with Crippen molar-refractivity contribution < 1.29 is 4.39 Å². The van der Waals surface area contributed by atoms with Gasteiger partial charge in [-0.2, -0.15) is 0 Å². The number of nitrogens with one attached hydrogen (secondary N) is 1. The highest BCUT2D eigenvalue weighted by molar-refractivity contribution is 6.31. The first-order valence-corrected chi connectivity index (χ1v) is 7.19. The molecule has 0 atom stereocenters. The number of anilines is 2. The smallest absolute Gasteiger partial charge is 0.163 e. The second-order valence-electron chi connectivity index (χ2n) is 4.55. The summed E-state index contributed by atoms with van der Waals surface area (Å²) in [5, 5.41) is 3.97. The van der Waals surface area contributed by atoms with Crippen molar-refractivity contribution in [3.05, 3.63) is 70.6 Å². The zero-order chi connectivity index (χ0) is 15.5. The molecule has 0 aliphatic carbocycles. The average molecular weight is 334 g/mol. The van der Waals surface area contributed by atoms with Gasteiger partial charge in [-0.25, -0.2) is 14.4 Å². The molecule has 0 radical (unpaired) electrons. The summed E-state index contributed by atoms with van der Waals surface area (Å²) >= 11 is 12.0. The van der Waals surface area contributed by atoms with Crippen LogP contribution in [0.15, 0.2) is 54.6 Å². The molecule has 3 nitrogen and oxygen atoms in total. The van der Waals surface area contributed by atoms with Gasteiger partial charge in [0.15, 0.2) is 5.82 Å². The lowest BCUT2D eigenvalue weighted by Gasteiger charge is -2.08. The summed E-state index contributed by atoms with van der Waals surface area (Å²) in [6.07, 6.45) is 0. The van der Waals surface area contributed by atoms with E-state index in [1.807, 2.05) is 12.1 Å². The van der Waals surface area contributed by atoms with Gasteiger partial charge in [-0.05, 0) is 30.3 Å². The number of hydrogen-bond acceptors (Lipinski definition) is 3. The third-order valence-corrected chi connectivity index (χ3v) is 3.30. The first-order chi connectivity index (χ1) is 10.6. The third kappa shape index (κ3) is 3.53. The Kier molecular flexibility index (Phi) is 4.22. The zero-order valence-electron chi connectivity index (χ0n) is 11.2. The van der Waals surface area contributed by atoms with Crippen LogP contribution in [0.25, 0.3) is 11.4 Å². The summed E-state index contributed by atoms with van der Waals surface area (Å²) in [4.78, 5) is 8.48. The Balaban J connectivity index is 1.96. The van der Waals surface area contributed by atoms with Crippen LogP contribution >= 0.6 is 23.2 Å². The van der Waals surface area contributed by atoms with E-state index >= 15 is 0 Å². The van der Waals surface area contributed by atoms with Gasteiger partial charge in [-0.1, -0.05) is 41.4 Å². The van der Waals surface area contributed by atoms with E-state index < -0.39 is 0 Å². The Hall–Kier alpha value is -2.17. The minimum absolute atomic E-state index is 0.263. The summed E-state index contributed by atoms with van der Waals surface area (Å²) in [6, 6.07) is 14.8. The number of hydrogen-bond donors (Lipinski definition) is 1. The van der Waals surface area contributed by atoms with E-state index in [1.165, 1.54) is 12.1 Å². The van der Waals surface area contributed by atoms with Crippen molar-refractivity contribution in [1.82, 2.24) is 9.97 Å². The Bertz CT molecular complexity index is 824. The van der Waals surface area contributed by atoms with Crippen LogP contribution in [0.2, 0.25) is 10.2 Å². The monoisotopic (exact) mass is 333 g/mol. The predicted octanol–water partition coefficient (Wildman–Crippen LogP) is 5.33. The number of halogens is 3. The highest BCUT2D eigenvalue weighted by Crippen LogP contribution is 2.24. The van der Waals surface area contributed by atoms with Gasteiger partial charge in [-0.3, -0.25) is 0 Å². The molecule has 0 saturated heterocycles. The van der Waals surface area contributed by atoms with Crippen molar-refractivity contribution in [2.75, 3.05) is 5.32 Å². The first kappa shape index (κ1) is 14.8. The maximum atomic E-state index is 13.3. The van der Waals surface area contributed by atoms with Gasteiger partial charge in [0.25, 0.3) is 0 Å². The van der Waals surface area contributed by atoms with E-state index in [0.717, 1.165) is 5.69 Å². The molecule has 0 fully saturated rings. The Morgan fingerprint density at radius 3 is 2.50 bits per heavy atom. The Labute approximate surface area is 136 Å². The molecule has 6 heteroatoms. The molecule has 3 aromatic rings. The SMILES string of the molecule is Fc1cccc(-c2nc(Cl)cc(Nc3cccc(Cl)c3)n2)c1. The third-order valence-electron chi connectivity index (χ3n) is 2.87. The number of rotatable bonds is 3. The molecular weight excluding hydrogens is 324 g/mol. The molecule has 1 aromatic heterocycles. The lowest BCUT2D eigenvalue weighted by Crippen LogP contribution is -1.98. The van der Waals surface area contributed by atoms with Crippen LogP contribution in [0, 0.1) is 5.82 Å². The molecule has 0 amide bonds. The van der Waals surface area contributed by atoms with Gasteiger partial charge in [-0.15, -0.1) is 0 Å². The lowest BCUT2D eigenvalue weighted by atomic mass is 10.2. The highest BCUT2D eigenvalue weighted by atomic mass is 35.5. The molecule has 1 heterocycles. The largest absolute Gasteiger partial charge is 0.340 e. The zero-order valence-corrected chi connectivity index (χ0v) is 12.7. The van der Waals surface area contributed by atoms with E-state index in [4.69, 9.17) is 23.2 Å². The van der Waals surface area contributed by atoms with Crippen molar-refractivity contribution in [3.63, 3.8) is 0 Å². The second kappa shape index (κ2) is 6.30. The summed E-state index contributed by atoms with van der Waals surface area (Å²) in [5.74, 6) is 0.489. The van der Waals surface area contributed by atoms with E-state index in [0.29, 0.717) is 22.2 Å². The van der Waals surface area contributed by atoms with E-state index in [-0.39, 0.29) is 11.0 Å². The molecule has 0 spiro atoms. The average Bonchev–Trinajstić information content (AvgIpc) is 2.46. The molecule has 2 aromatic carbocycles. The van der Waals surface area contributed by atoms with E-state index in [2.05, 4.69) is 15.3 Å². The fourth-order valence-corrected chi connectivity index (χ4v) is 2.33. The van der Waals surface area contributed by atoms with Gasteiger partial charge in [0, 0.05) is 22.3 Å². The molecule has 0 bridgehead atoms. The normalized spacial score (nSPS) is 10.5. The van der Waals surface area contributed by atoms with Gasteiger partial charge in [0.05, 0.1) is 0 Å². The molecule has 1 N–H and O–H groups in total. The quantitative estimate of drug-likeness (QED) is 0.658. The summed E-state index contributed by atoms with van der Waals surface area (Å²) in [5.41, 5.74) is 1.32. The Morgan fingerprint density at radius 2 is 1.73 bits per heavy atom. The molecule has 3 rings (SSSR count). The van der Waals surface area contributed by atoms with Gasteiger partial charge < -0.3 is 5.32 Å². The predicted molar refractivity (Wildman–Crippen MR) is 87.2 cm³/mol. The van der Waals surface area contributed by atoms with Crippen LogP contribution in [-0.2, 0) is 0 Å². The van der Waals surface area contributed by atoms with Crippen LogP contribution in [0.5, 0.6) is 0 Å². The first-order valence-electron chi connectivity index (χ1n) is 6.43. The standard InChI is InChI=1S/C16H10Cl2FN3/c17-11-4-2-6-13(8-11)20-15-9-14(18)21-16(22-15)10-3-1-5-12(19)7-10/h1-9H,(H,20,21,22). The van der Waals surface area contributed by atoms with E-state index in [1.54, 1.807) is 30.3 Å². The molecule has 0 unspecified atom stereocenters. The van der Waals surface area contributed by atoms with Gasteiger partial charge >= 0.3 is 0 Å². The fourth-order valence-electron chi connectivity index (χ4n) is 1.95. The van der Waals surface area contributed by atoms with Crippen LogP contribution in [0.3, 0.4) is 0 Å². The number of nitrogens with zero attached hydrogens (tertiary/aromatic N) is 2. The van der Waals surface area contributed by atoms with Crippen molar-refractivity contribution >= 4 is 34.7 Å². The van der Waals surface area contributed by atoms with Crippen molar-refractivity contribution in [2.24, 2.45) is 0 Å². The molecule has 0 saturated carbocycles. The number of benzene rings is 2. The van der Waals surface area contributed by atoms with Crippen molar-refractivity contribution in [3.8, 4) is 11.4 Å². The minimum atomic E-state index is -0.356. The Morgan fingerprint density at radius 1 is 0.909 bits per heavy atom. The summed E-state index contributed by atoms with van der Waals surface area (Å²) < 4.78 is 13.3. The number of aromatic nitrogens is 2. The van der Waals surface area contributed by atoms with Crippen LogP contribution in [0.1, 0.15) is 0 Å². The van der Waals surface area contributed by atoms with Crippen molar-refractivity contribution in [2.45, 2.75) is 0 Å². The summed E-state index contributed by atoms with van der Waals surface area (Å²) in [7, 11) is 0. The van der Waals surface area contributed by atoms with Crippen LogP contribution in [0.4, 0.5) is 15.9 Å². The summed E-state index contributed by atoms with van der Waals surface area (Å²) in [6.45, 7) is 0. The van der Waals surface area contributed by atoms with Gasteiger partial charge in [0.1, 0.15) is 16.8 Å². The lowest BCUT2D eigenvalue weighted by molar-refractivity contribution is 0.628. The second-order valence-corrected chi connectivity index (χ2v) is 5.37. The van der Waals surface area contributed by atoms with Crippen molar-refractivity contribution in [1.29, 1.82) is 0 Å². The fraction of sp³-hybridized carbons (Fsp3) is 0. The van der Waals surface area contributed by atoms with E-state index in [9.17, 15) is 4.39 Å². The van der Waals surface area contributed by atoms with Gasteiger partial charge in [0.2, 0.25) is 0 Å². The molecule has 0 aliphatic rings. The molecule has 22 heavy (non-hydrogen) atoms. The maximum Gasteiger partial charge on any atom is 0.163 e. The van der Waals surface area contributed by atoms with Crippen LogP contribution < -0.4 is 5.32 Å².